The second kappa shape index (κ2) is 6.08. The lowest BCUT2D eigenvalue weighted by molar-refractivity contribution is -0.196. The van der Waals surface area contributed by atoms with Gasteiger partial charge in [0.05, 0.1) is 0 Å². The maximum absolute atomic E-state index is 14.1. The average Bonchev–Trinajstić information content (AvgIpc) is 2.91. The van der Waals surface area contributed by atoms with Crippen LogP contribution >= 0.6 is 0 Å². The minimum absolute atomic E-state index is 0.119. The molecule has 2 heterocycles. The number of benzene rings is 1. The van der Waals surface area contributed by atoms with Crippen molar-refractivity contribution in [1.29, 1.82) is 0 Å². The van der Waals surface area contributed by atoms with Crippen molar-refractivity contribution in [3.63, 3.8) is 0 Å². The number of aryl methyl sites for hydroxylation is 1. The van der Waals surface area contributed by atoms with Gasteiger partial charge in [-0.1, -0.05) is 17.7 Å². The van der Waals surface area contributed by atoms with Crippen LogP contribution < -0.4 is 21.9 Å². The highest BCUT2D eigenvalue weighted by Gasteiger charge is 2.68. The molecule has 0 aliphatic carbocycles. The summed E-state index contributed by atoms with van der Waals surface area (Å²) in [6, 6.07) is 5.72. The van der Waals surface area contributed by atoms with E-state index in [1.54, 1.807) is 18.3 Å². The first-order valence-corrected chi connectivity index (χ1v) is 7.99. The number of anilines is 1. The minimum Gasteiger partial charge on any atom is -0.326 e. The standard InChI is InChI=1S/C17H15F3N4O4/c1-8-5-4-6-9(7-8)12(25)22-16(17(18,19)20)10-11(21-14(16)27)23(2)15(28)24(3)13(10)26/h4-7H,1-3H3,(H,21,27)(H,22,25)/t16-/m1/s1. The molecule has 28 heavy (non-hydrogen) atoms. The Morgan fingerprint density at radius 2 is 1.79 bits per heavy atom. The number of nitrogens with one attached hydrogen (secondary N) is 2. The van der Waals surface area contributed by atoms with Crippen LogP contribution in [0.3, 0.4) is 0 Å². The molecule has 3 rings (SSSR count). The van der Waals surface area contributed by atoms with Crippen LogP contribution in [0.2, 0.25) is 0 Å². The molecule has 1 aromatic carbocycles. The van der Waals surface area contributed by atoms with Gasteiger partial charge in [-0.3, -0.25) is 23.5 Å². The number of rotatable bonds is 2. The van der Waals surface area contributed by atoms with Gasteiger partial charge >= 0.3 is 11.9 Å². The number of fused-ring (bicyclic) bond motifs is 1. The minimum atomic E-state index is -5.36. The zero-order valence-corrected chi connectivity index (χ0v) is 15.0. The molecule has 1 aromatic heterocycles. The fourth-order valence-electron chi connectivity index (χ4n) is 3.13. The molecule has 1 atom stereocenters. The third kappa shape index (κ3) is 2.53. The second-order valence-corrected chi connectivity index (χ2v) is 6.45. The van der Waals surface area contributed by atoms with E-state index in [4.69, 9.17) is 0 Å². The van der Waals surface area contributed by atoms with Crippen LogP contribution in [0.15, 0.2) is 33.9 Å². The average molecular weight is 396 g/mol. The Morgan fingerprint density at radius 3 is 2.36 bits per heavy atom. The van der Waals surface area contributed by atoms with Gasteiger partial charge < -0.3 is 10.6 Å². The van der Waals surface area contributed by atoms with Crippen LogP contribution in [0.1, 0.15) is 21.5 Å². The van der Waals surface area contributed by atoms with E-state index in [0.29, 0.717) is 14.7 Å². The van der Waals surface area contributed by atoms with Crippen molar-refractivity contribution in [2.45, 2.75) is 18.6 Å². The van der Waals surface area contributed by atoms with Gasteiger partial charge in [0.25, 0.3) is 22.9 Å². The van der Waals surface area contributed by atoms with Crippen molar-refractivity contribution in [2.24, 2.45) is 14.1 Å². The number of hydrogen-bond acceptors (Lipinski definition) is 4. The van der Waals surface area contributed by atoms with Crippen molar-refractivity contribution in [1.82, 2.24) is 14.5 Å². The number of hydrogen-bond donors (Lipinski definition) is 2. The van der Waals surface area contributed by atoms with E-state index in [2.05, 4.69) is 0 Å². The van der Waals surface area contributed by atoms with Gasteiger partial charge in [-0.05, 0) is 19.1 Å². The molecule has 11 heteroatoms. The van der Waals surface area contributed by atoms with Crippen LogP contribution in [0, 0.1) is 6.92 Å². The molecule has 2 amide bonds. The number of alkyl halides is 3. The second-order valence-electron chi connectivity index (χ2n) is 6.45. The Bertz CT molecular complexity index is 1130. The smallest absolute Gasteiger partial charge is 0.326 e. The Morgan fingerprint density at radius 1 is 1.14 bits per heavy atom. The maximum Gasteiger partial charge on any atom is 0.425 e. The number of halogens is 3. The highest BCUT2D eigenvalue weighted by Crippen LogP contribution is 2.45. The molecule has 1 aliphatic heterocycles. The van der Waals surface area contributed by atoms with E-state index in [1.807, 2.05) is 5.32 Å². The van der Waals surface area contributed by atoms with Gasteiger partial charge in [0.1, 0.15) is 11.4 Å². The molecule has 1 aliphatic rings. The molecule has 0 unspecified atom stereocenters. The summed E-state index contributed by atoms with van der Waals surface area (Å²) < 4.78 is 43.6. The fourth-order valence-corrected chi connectivity index (χ4v) is 3.13. The van der Waals surface area contributed by atoms with E-state index in [0.717, 1.165) is 14.1 Å². The molecular weight excluding hydrogens is 381 g/mol. The summed E-state index contributed by atoms with van der Waals surface area (Å²) in [7, 11) is 2.09. The molecule has 0 fully saturated rings. The first-order chi connectivity index (χ1) is 12.9. The Hall–Kier alpha value is -3.37. The molecule has 2 N–H and O–H groups in total. The summed E-state index contributed by atoms with van der Waals surface area (Å²) in [4.78, 5) is 49.5. The Labute approximate surface area is 155 Å². The molecule has 2 aromatic rings. The molecule has 0 bridgehead atoms. The van der Waals surface area contributed by atoms with Crippen molar-refractivity contribution in [3.8, 4) is 0 Å². The molecule has 0 saturated heterocycles. The lowest BCUT2D eigenvalue weighted by atomic mass is 9.91. The SMILES string of the molecule is Cc1cccc(C(=O)N[C@@]2(C(F)(F)F)C(=O)Nc3c2c(=O)n(C)c(=O)n3C)c1. The third-order valence-corrected chi connectivity index (χ3v) is 4.62. The molecular formula is C17H15F3N4O4. The third-order valence-electron chi connectivity index (χ3n) is 4.62. The normalized spacial score (nSPS) is 18.6. The molecule has 8 nitrogen and oxygen atoms in total. The van der Waals surface area contributed by atoms with Crippen molar-refractivity contribution in [3.05, 3.63) is 61.8 Å². The highest BCUT2D eigenvalue weighted by molar-refractivity contribution is 6.09. The zero-order valence-electron chi connectivity index (χ0n) is 15.0. The van der Waals surface area contributed by atoms with Crippen LogP contribution in [0.25, 0.3) is 0 Å². The summed E-state index contributed by atoms with van der Waals surface area (Å²) in [6.07, 6.45) is -5.36. The largest absolute Gasteiger partial charge is 0.425 e. The number of aromatic nitrogens is 2. The lowest BCUT2D eigenvalue weighted by Gasteiger charge is -2.30. The molecule has 0 spiro atoms. The van der Waals surface area contributed by atoms with E-state index < -0.39 is 46.2 Å². The molecule has 148 valence electrons. The van der Waals surface area contributed by atoms with Gasteiger partial charge in [-0.15, -0.1) is 0 Å². The highest BCUT2D eigenvalue weighted by atomic mass is 19.4. The van der Waals surface area contributed by atoms with Gasteiger partial charge in [0.2, 0.25) is 0 Å². The molecule has 0 saturated carbocycles. The number of amides is 2. The summed E-state index contributed by atoms with van der Waals surface area (Å²) >= 11 is 0. The van der Waals surface area contributed by atoms with E-state index >= 15 is 0 Å². The van der Waals surface area contributed by atoms with Gasteiger partial charge in [-0.2, -0.15) is 13.2 Å². The fraction of sp³-hybridized carbons (Fsp3) is 0.294. The van der Waals surface area contributed by atoms with Crippen molar-refractivity contribution < 1.29 is 22.8 Å². The topological polar surface area (TPSA) is 102 Å². The van der Waals surface area contributed by atoms with Gasteiger partial charge in [-0.25, -0.2) is 4.79 Å². The summed E-state index contributed by atoms with van der Waals surface area (Å²) in [5.41, 5.74) is -6.46. The van der Waals surface area contributed by atoms with Gasteiger partial charge in [0, 0.05) is 19.7 Å². The summed E-state index contributed by atoms with van der Waals surface area (Å²) in [5, 5.41) is 3.61. The predicted molar refractivity (Wildman–Crippen MR) is 91.9 cm³/mol. The van der Waals surface area contributed by atoms with Crippen molar-refractivity contribution >= 4 is 17.6 Å². The number of carbonyl (C=O) groups is 2. The van der Waals surface area contributed by atoms with Crippen LogP contribution in [0.4, 0.5) is 19.0 Å². The number of nitrogens with zero attached hydrogens (tertiary/aromatic N) is 2. The summed E-state index contributed by atoms with van der Waals surface area (Å²) in [6.45, 7) is 1.64. The van der Waals surface area contributed by atoms with Crippen LogP contribution in [0.5, 0.6) is 0 Å². The van der Waals surface area contributed by atoms with Crippen LogP contribution in [-0.2, 0) is 24.4 Å². The Kier molecular flexibility index (Phi) is 4.21. The van der Waals surface area contributed by atoms with Crippen molar-refractivity contribution in [2.75, 3.05) is 5.32 Å². The van der Waals surface area contributed by atoms with E-state index in [1.165, 1.54) is 18.2 Å². The monoisotopic (exact) mass is 396 g/mol. The lowest BCUT2D eigenvalue weighted by Crippen LogP contribution is -2.62. The first kappa shape index (κ1) is 19.4. The maximum atomic E-state index is 14.1. The summed E-state index contributed by atoms with van der Waals surface area (Å²) in [5.74, 6) is -3.48. The predicted octanol–water partition coefficient (Wildman–Crippen LogP) is 0.532. The number of carbonyl (C=O) groups excluding carboxylic acids is 2. The first-order valence-electron chi connectivity index (χ1n) is 7.99. The van der Waals surface area contributed by atoms with E-state index in [9.17, 15) is 32.3 Å². The van der Waals surface area contributed by atoms with Gasteiger partial charge in [0.15, 0.2) is 0 Å². The molecule has 0 radical (unpaired) electrons. The quantitative estimate of drug-likeness (QED) is 0.773. The Balaban J connectivity index is 2.29. The zero-order chi connectivity index (χ0) is 21.0. The van der Waals surface area contributed by atoms with Crippen LogP contribution in [-0.4, -0.2) is 27.1 Å². The van der Waals surface area contributed by atoms with E-state index in [-0.39, 0.29) is 5.56 Å².